The number of nitrogens with one attached hydrogen (secondary N) is 1. The van der Waals surface area contributed by atoms with E-state index in [0.717, 1.165) is 53.6 Å². The van der Waals surface area contributed by atoms with Crippen molar-refractivity contribution >= 4 is 5.82 Å². The third kappa shape index (κ3) is 1.58. The SMILES string of the molecule is CNc1nc(-c2c(C)noc2C)nc2c1CCC2. The molecule has 2 heterocycles. The molecule has 0 radical (unpaired) electrons. The lowest BCUT2D eigenvalue weighted by Gasteiger charge is -2.09. The predicted molar refractivity (Wildman–Crippen MR) is 68.6 cm³/mol. The number of aromatic nitrogens is 3. The van der Waals surface area contributed by atoms with E-state index in [2.05, 4.69) is 20.4 Å². The molecule has 0 saturated heterocycles. The van der Waals surface area contributed by atoms with Crippen LogP contribution in [0.2, 0.25) is 0 Å². The van der Waals surface area contributed by atoms with Gasteiger partial charge < -0.3 is 9.84 Å². The highest BCUT2D eigenvalue weighted by Crippen LogP contribution is 2.31. The Morgan fingerprint density at radius 3 is 2.67 bits per heavy atom. The quantitative estimate of drug-likeness (QED) is 0.878. The van der Waals surface area contributed by atoms with Crippen molar-refractivity contribution in [3.8, 4) is 11.4 Å². The second-order valence-electron chi connectivity index (χ2n) is 4.62. The molecule has 0 aromatic carbocycles. The Labute approximate surface area is 106 Å². The number of fused-ring (bicyclic) bond motifs is 1. The number of anilines is 1. The van der Waals surface area contributed by atoms with Crippen LogP contribution < -0.4 is 5.32 Å². The Morgan fingerprint density at radius 2 is 2.00 bits per heavy atom. The summed E-state index contributed by atoms with van der Waals surface area (Å²) >= 11 is 0. The van der Waals surface area contributed by atoms with Crippen LogP contribution in [0.3, 0.4) is 0 Å². The summed E-state index contributed by atoms with van der Waals surface area (Å²) in [5.41, 5.74) is 4.17. The number of nitrogens with zero attached hydrogens (tertiary/aromatic N) is 3. The fourth-order valence-corrected chi connectivity index (χ4v) is 2.55. The highest BCUT2D eigenvalue weighted by Gasteiger charge is 2.22. The van der Waals surface area contributed by atoms with Crippen LogP contribution in [0.5, 0.6) is 0 Å². The van der Waals surface area contributed by atoms with Crippen LogP contribution in [0.25, 0.3) is 11.4 Å². The molecular weight excluding hydrogens is 228 g/mol. The molecule has 1 aliphatic carbocycles. The first kappa shape index (κ1) is 11.2. The molecule has 3 rings (SSSR count). The fourth-order valence-electron chi connectivity index (χ4n) is 2.55. The van der Waals surface area contributed by atoms with Gasteiger partial charge in [-0.1, -0.05) is 5.16 Å². The molecule has 0 aliphatic heterocycles. The van der Waals surface area contributed by atoms with Crippen molar-refractivity contribution in [3.63, 3.8) is 0 Å². The van der Waals surface area contributed by atoms with Gasteiger partial charge in [-0.05, 0) is 33.1 Å². The lowest BCUT2D eigenvalue weighted by molar-refractivity contribution is 0.393. The molecule has 94 valence electrons. The van der Waals surface area contributed by atoms with Crippen molar-refractivity contribution in [2.24, 2.45) is 0 Å². The van der Waals surface area contributed by atoms with Crippen molar-refractivity contribution < 1.29 is 4.52 Å². The third-order valence-corrected chi connectivity index (χ3v) is 3.43. The van der Waals surface area contributed by atoms with Crippen LogP contribution in [-0.2, 0) is 12.8 Å². The molecule has 2 aromatic rings. The molecule has 0 bridgehead atoms. The maximum Gasteiger partial charge on any atom is 0.167 e. The highest BCUT2D eigenvalue weighted by molar-refractivity contribution is 5.64. The van der Waals surface area contributed by atoms with E-state index < -0.39 is 0 Å². The van der Waals surface area contributed by atoms with Gasteiger partial charge in [-0.25, -0.2) is 9.97 Å². The van der Waals surface area contributed by atoms with Gasteiger partial charge in [0.1, 0.15) is 11.6 Å². The van der Waals surface area contributed by atoms with Crippen molar-refractivity contribution in [2.45, 2.75) is 33.1 Å². The zero-order valence-electron chi connectivity index (χ0n) is 10.9. The zero-order valence-corrected chi connectivity index (χ0v) is 10.9. The Kier molecular flexibility index (Phi) is 2.54. The van der Waals surface area contributed by atoms with Gasteiger partial charge in [-0.3, -0.25) is 0 Å². The Hall–Kier alpha value is -1.91. The maximum atomic E-state index is 5.19. The molecule has 0 unspecified atom stereocenters. The standard InChI is InChI=1S/C13H16N4O/c1-7-11(8(2)18-17-7)13-15-10-6-4-5-9(10)12(14-3)16-13/h4-6H2,1-3H3,(H,14,15,16). The lowest BCUT2D eigenvalue weighted by Crippen LogP contribution is -2.04. The average Bonchev–Trinajstić information content (AvgIpc) is 2.95. The van der Waals surface area contributed by atoms with E-state index in [1.807, 2.05) is 20.9 Å². The van der Waals surface area contributed by atoms with Crippen molar-refractivity contribution in [1.82, 2.24) is 15.1 Å². The van der Waals surface area contributed by atoms with Crippen LogP contribution >= 0.6 is 0 Å². The summed E-state index contributed by atoms with van der Waals surface area (Å²) in [6.45, 7) is 3.81. The topological polar surface area (TPSA) is 63.8 Å². The average molecular weight is 244 g/mol. The zero-order chi connectivity index (χ0) is 12.7. The van der Waals surface area contributed by atoms with E-state index in [0.29, 0.717) is 0 Å². The lowest BCUT2D eigenvalue weighted by atomic mass is 10.1. The second kappa shape index (κ2) is 4.08. The first-order valence-electron chi connectivity index (χ1n) is 6.21. The number of aryl methyl sites for hydroxylation is 3. The Bertz CT molecular complexity index is 584. The molecule has 0 saturated carbocycles. The van der Waals surface area contributed by atoms with Crippen LogP contribution in [0, 0.1) is 13.8 Å². The fraction of sp³-hybridized carbons (Fsp3) is 0.462. The van der Waals surface area contributed by atoms with Crippen molar-refractivity contribution in [2.75, 3.05) is 12.4 Å². The van der Waals surface area contributed by atoms with E-state index in [4.69, 9.17) is 4.52 Å². The van der Waals surface area contributed by atoms with Gasteiger partial charge in [0, 0.05) is 18.3 Å². The summed E-state index contributed by atoms with van der Waals surface area (Å²) in [5.74, 6) is 2.43. The predicted octanol–water partition coefficient (Wildman–Crippen LogP) is 2.28. The molecule has 1 N–H and O–H groups in total. The first-order chi connectivity index (χ1) is 8.70. The second-order valence-corrected chi connectivity index (χ2v) is 4.62. The Balaban J connectivity index is 2.20. The van der Waals surface area contributed by atoms with Crippen LogP contribution in [0.4, 0.5) is 5.82 Å². The third-order valence-electron chi connectivity index (χ3n) is 3.43. The summed E-state index contributed by atoms with van der Waals surface area (Å²) in [6, 6.07) is 0. The van der Waals surface area contributed by atoms with Crippen molar-refractivity contribution in [3.05, 3.63) is 22.7 Å². The maximum absolute atomic E-state index is 5.19. The molecule has 0 fully saturated rings. The molecule has 0 spiro atoms. The van der Waals surface area contributed by atoms with Gasteiger partial charge >= 0.3 is 0 Å². The Morgan fingerprint density at radius 1 is 1.17 bits per heavy atom. The highest BCUT2D eigenvalue weighted by atomic mass is 16.5. The smallest absolute Gasteiger partial charge is 0.167 e. The van der Waals surface area contributed by atoms with E-state index in [1.165, 1.54) is 5.56 Å². The van der Waals surface area contributed by atoms with Gasteiger partial charge in [-0.2, -0.15) is 0 Å². The van der Waals surface area contributed by atoms with Crippen LogP contribution in [0.1, 0.15) is 29.1 Å². The van der Waals surface area contributed by atoms with Gasteiger partial charge in [0.05, 0.1) is 11.3 Å². The van der Waals surface area contributed by atoms with Crippen LogP contribution in [0.15, 0.2) is 4.52 Å². The summed E-state index contributed by atoms with van der Waals surface area (Å²) < 4.78 is 5.19. The molecule has 0 amide bonds. The molecule has 1 aliphatic rings. The minimum Gasteiger partial charge on any atom is -0.373 e. The van der Waals surface area contributed by atoms with Crippen LogP contribution in [-0.4, -0.2) is 22.2 Å². The summed E-state index contributed by atoms with van der Waals surface area (Å²) in [5, 5.41) is 7.13. The number of rotatable bonds is 2. The van der Waals surface area contributed by atoms with E-state index >= 15 is 0 Å². The molecular formula is C13H16N4O. The molecule has 18 heavy (non-hydrogen) atoms. The van der Waals surface area contributed by atoms with Gasteiger partial charge in [-0.15, -0.1) is 0 Å². The van der Waals surface area contributed by atoms with E-state index in [1.54, 1.807) is 0 Å². The molecule has 0 atom stereocenters. The minimum absolute atomic E-state index is 0.719. The van der Waals surface area contributed by atoms with Gasteiger partial charge in [0.25, 0.3) is 0 Å². The largest absolute Gasteiger partial charge is 0.373 e. The van der Waals surface area contributed by atoms with Gasteiger partial charge in [0.2, 0.25) is 0 Å². The number of hydrogen-bond acceptors (Lipinski definition) is 5. The first-order valence-corrected chi connectivity index (χ1v) is 6.21. The monoisotopic (exact) mass is 244 g/mol. The molecule has 5 nitrogen and oxygen atoms in total. The molecule has 2 aromatic heterocycles. The minimum atomic E-state index is 0.719. The molecule has 5 heteroatoms. The van der Waals surface area contributed by atoms with E-state index in [-0.39, 0.29) is 0 Å². The number of hydrogen-bond donors (Lipinski definition) is 1. The van der Waals surface area contributed by atoms with Crippen molar-refractivity contribution in [1.29, 1.82) is 0 Å². The summed E-state index contributed by atoms with van der Waals surface area (Å²) in [6.07, 6.45) is 3.25. The summed E-state index contributed by atoms with van der Waals surface area (Å²) in [7, 11) is 1.90. The van der Waals surface area contributed by atoms with Gasteiger partial charge in [0.15, 0.2) is 5.82 Å². The summed E-state index contributed by atoms with van der Waals surface area (Å²) in [4.78, 5) is 9.28. The normalized spacial score (nSPS) is 13.7. The van der Waals surface area contributed by atoms with E-state index in [9.17, 15) is 0 Å².